The molecule has 0 aliphatic heterocycles. The molecule has 0 N–H and O–H groups in total. The lowest BCUT2D eigenvalue weighted by molar-refractivity contribution is -0.116. The SMILES string of the molecule is CSc1cccc2sc(N(CCc3cccs3)C(=O)CS(=O)(=O)c3ccccc3)nc12. The molecule has 2 heterocycles. The third-order valence-corrected chi connectivity index (χ3v) is 9.07. The number of thiophene rings is 1. The highest BCUT2D eigenvalue weighted by Crippen LogP contribution is 2.34. The van der Waals surface area contributed by atoms with Crippen molar-refractivity contribution in [2.24, 2.45) is 0 Å². The summed E-state index contributed by atoms with van der Waals surface area (Å²) in [5, 5.41) is 2.52. The average molecular weight is 489 g/mol. The summed E-state index contributed by atoms with van der Waals surface area (Å²) in [6.07, 6.45) is 2.63. The van der Waals surface area contributed by atoms with E-state index < -0.39 is 21.5 Å². The molecule has 0 atom stereocenters. The van der Waals surface area contributed by atoms with E-state index in [0.29, 0.717) is 18.1 Å². The molecule has 2 aromatic carbocycles. The Kier molecular flexibility index (Phi) is 6.76. The largest absolute Gasteiger partial charge is 0.287 e. The zero-order valence-electron chi connectivity index (χ0n) is 16.7. The zero-order chi connectivity index (χ0) is 21.8. The lowest BCUT2D eigenvalue weighted by Crippen LogP contribution is -2.37. The molecule has 0 fully saturated rings. The molecule has 2 aromatic heterocycles. The van der Waals surface area contributed by atoms with Crippen LogP contribution in [0.4, 0.5) is 5.13 Å². The molecule has 4 rings (SSSR count). The number of nitrogens with zero attached hydrogens (tertiary/aromatic N) is 2. The summed E-state index contributed by atoms with van der Waals surface area (Å²) in [7, 11) is -3.74. The van der Waals surface area contributed by atoms with Crippen LogP contribution in [-0.2, 0) is 21.1 Å². The van der Waals surface area contributed by atoms with Gasteiger partial charge in [-0.15, -0.1) is 23.1 Å². The van der Waals surface area contributed by atoms with E-state index >= 15 is 0 Å². The number of hydrogen-bond donors (Lipinski definition) is 0. The summed E-state index contributed by atoms with van der Waals surface area (Å²) in [6, 6.07) is 18.0. The first-order chi connectivity index (χ1) is 15.0. The van der Waals surface area contributed by atoms with Crippen molar-refractivity contribution in [1.29, 1.82) is 0 Å². The van der Waals surface area contributed by atoms with E-state index in [4.69, 9.17) is 4.98 Å². The quantitative estimate of drug-likeness (QED) is 0.322. The van der Waals surface area contributed by atoms with Crippen molar-refractivity contribution in [3.8, 4) is 0 Å². The van der Waals surface area contributed by atoms with Crippen LogP contribution in [0, 0.1) is 0 Å². The summed E-state index contributed by atoms with van der Waals surface area (Å²) < 4.78 is 26.6. The Balaban J connectivity index is 1.66. The van der Waals surface area contributed by atoms with E-state index in [1.54, 1.807) is 41.3 Å². The fourth-order valence-corrected chi connectivity index (χ4v) is 6.73. The van der Waals surface area contributed by atoms with Gasteiger partial charge in [-0.05, 0) is 48.4 Å². The predicted octanol–water partition coefficient (Wildman–Crippen LogP) is 5.13. The van der Waals surface area contributed by atoms with E-state index in [1.807, 2.05) is 42.0 Å². The van der Waals surface area contributed by atoms with Gasteiger partial charge in [0.25, 0.3) is 0 Å². The number of benzene rings is 2. The molecular formula is C22H20N2O3S4. The smallest absolute Gasteiger partial charge is 0.244 e. The summed E-state index contributed by atoms with van der Waals surface area (Å²) >= 11 is 4.62. The van der Waals surface area contributed by atoms with Crippen LogP contribution in [0.25, 0.3) is 10.2 Å². The number of thiazole rings is 1. The summed E-state index contributed by atoms with van der Waals surface area (Å²) in [5.74, 6) is -1.06. The molecule has 0 aliphatic carbocycles. The Bertz CT molecular complexity index is 1280. The van der Waals surface area contributed by atoms with Crippen LogP contribution in [0.5, 0.6) is 0 Å². The minimum atomic E-state index is -3.74. The number of thioether (sulfide) groups is 1. The summed E-state index contributed by atoms with van der Waals surface area (Å²) in [4.78, 5) is 21.8. The van der Waals surface area contributed by atoms with Crippen LogP contribution in [-0.4, -0.2) is 37.9 Å². The second kappa shape index (κ2) is 9.52. The van der Waals surface area contributed by atoms with Crippen molar-refractivity contribution in [3.05, 3.63) is 70.9 Å². The second-order valence-corrected chi connectivity index (χ2v) is 11.6. The van der Waals surface area contributed by atoms with Gasteiger partial charge in [-0.3, -0.25) is 9.69 Å². The van der Waals surface area contributed by atoms with Crippen LogP contribution in [0.3, 0.4) is 0 Å². The van der Waals surface area contributed by atoms with E-state index in [0.717, 1.165) is 20.0 Å². The second-order valence-electron chi connectivity index (χ2n) is 6.75. The Morgan fingerprint density at radius 2 is 1.87 bits per heavy atom. The van der Waals surface area contributed by atoms with Gasteiger partial charge in [-0.25, -0.2) is 13.4 Å². The Morgan fingerprint density at radius 3 is 2.58 bits per heavy atom. The van der Waals surface area contributed by atoms with Crippen molar-refractivity contribution < 1.29 is 13.2 Å². The number of carbonyl (C=O) groups excluding carboxylic acids is 1. The molecule has 31 heavy (non-hydrogen) atoms. The molecule has 5 nitrogen and oxygen atoms in total. The summed E-state index contributed by atoms with van der Waals surface area (Å²) in [6.45, 7) is 0.373. The first kappa shape index (κ1) is 22.0. The third kappa shape index (κ3) is 5.01. The maximum atomic E-state index is 13.2. The van der Waals surface area contributed by atoms with Gasteiger partial charge in [-0.1, -0.05) is 41.7 Å². The minimum absolute atomic E-state index is 0.149. The first-order valence-corrected chi connectivity index (χ1v) is 14.1. The molecule has 0 spiro atoms. The number of sulfone groups is 1. The van der Waals surface area contributed by atoms with Crippen molar-refractivity contribution in [1.82, 2.24) is 4.98 Å². The molecule has 160 valence electrons. The number of anilines is 1. The predicted molar refractivity (Wildman–Crippen MR) is 130 cm³/mol. The first-order valence-electron chi connectivity index (χ1n) is 9.52. The fourth-order valence-electron chi connectivity index (χ4n) is 3.15. The zero-order valence-corrected chi connectivity index (χ0v) is 20.0. The van der Waals surface area contributed by atoms with Crippen LogP contribution >= 0.6 is 34.4 Å². The molecule has 0 bridgehead atoms. The number of fused-ring (bicyclic) bond motifs is 1. The molecule has 0 saturated heterocycles. The number of amides is 1. The third-order valence-electron chi connectivity index (χ3n) is 4.70. The number of para-hydroxylation sites is 1. The highest BCUT2D eigenvalue weighted by Gasteiger charge is 2.26. The van der Waals surface area contributed by atoms with Gasteiger partial charge in [-0.2, -0.15) is 0 Å². The Labute approximate surface area is 193 Å². The van der Waals surface area contributed by atoms with Gasteiger partial charge in [0.15, 0.2) is 15.0 Å². The number of carbonyl (C=O) groups is 1. The molecule has 0 saturated carbocycles. The monoisotopic (exact) mass is 488 g/mol. The van der Waals surface area contributed by atoms with Crippen molar-refractivity contribution in [2.45, 2.75) is 16.2 Å². The molecule has 0 unspecified atom stereocenters. The van der Waals surface area contributed by atoms with Crippen LogP contribution < -0.4 is 4.90 Å². The average Bonchev–Trinajstić information content (AvgIpc) is 3.43. The highest BCUT2D eigenvalue weighted by atomic mass is 32.2. The summed E-state index contributed by atoms with van der Waals surface area (Å²) in [5.41, 5.74) is 0.842. The molecule has 9 heteroatoms. The van der Waals surface area contributed by atoms with Crippen molar-refractivity contribution in [3.63, 3.8) is 0 Å². The van der Waals surface area contributed by atoms with Crippen LogP contribution in [0.2, 0.25) is 0 Å². The van der Waals surface area contributed by atoms with Gasteiger partial charge in [0, 0.05) is 16.3 Å². The molecule has 0 aliphatic rings. The fraction of sp³-hybridized carbons (Fsp3) is 0.182. The number of aromatic nitrogens is 1. The number of hydrogen-bond acceptors (Lipinski definition) is 7. The standard InChI is InChI=1S/C22H20N2O3S4/c1-28-18-10-5-11-19-21(18)23-22(30-19)24(13-12-16-7-6-14-29-16)20(25)15-31(26,27)17-8-3-2-4-9-17/h2-11,14H,12-13,15H2,1H3. The van der Waals surface area contributed by atoms with Crippen LogP contribution in [0.1, 0.15) is 4.88 Å². The van der Waals surface area contributed by atoms with Crippen molar-refractivity contribution in [2.75, 3.05) is 23.5 Å². The minimum Gasteiger partial charge on any atom is -0.287 e. The van der Waals surface area contributed by atoms with E-state index in [1.165, 1.54) is 28.4 Å². The van der Waals surface area contributed by atoms with Crippen LogP contribution in [0.15, 0.2) is 75.8 Å². The van der Waals surface area contributed by atoms with Gasteiger partial charge in [0.05, 0.1) is 15.1 Å². The topological polar surface area (TPSA) is 67.3 Å². The van der Waals surface area contributed by atoms with E-state index in [2.05, 4.69) is 0 Å². The van der Waals surface area contributed by atoms with E-state index in [9.17, 15) is 13.2 Å². The molecular weight excluding hydrogens is 469 g/mol. The Morgan fingerprint density at radius 1 is 1.06 bits per heavy atom. The number of rotatable bonds is 8. The van der Waals surface area contributed by atoms with Gasteiger partial charge >= 0.3 is 0 Å². The lowest BCUT2D eigenvalue weighted by atomic mass is 10.3. The molecule has 1 amide bonds. The van der Waals surface area contributed by atoms with Crippen molar-refractivity contribution >= 4 is 65.5 Å². The van der Waals surface area contributed by atoms with Gasteiger partial charge < -0.3 is 0 Å². The van der Waals surface area contributed by atoms with Gasteiger partial charge in [0.1, 0.15) is 5.75 Å². The van der Waals surface area contributed by atoms with E-state index in [-0.39, 0.29) is 4.90 Å². The Hall–Kier alpha value is -2.20. The maximum absolute atomic E-state index is 13.2. The normalized spacial score (nSPS) is 11.6. The molecule has 0 radical (unpaired) electrons. The highest BCUT2D eigenvalue weighted by molar-refractivity contribution is 7.98. The maximum Gasteiger partial charge on any atom is 0.244 e. The van der Waals surface area contributed by atoms with Gasteiger partial charge in [0.2, 0.25) is 5.91 Å². The lowest BCUT2D eigenvalue weighted by Gasteiger charge is -2.19. The molecule has 4 aromatic rings.